The summed E-state index contributed by atoms with van der Waals surface area (Å²) >= 11 is 0. The van der Waals surface area contributed by atoms with Gasteiger partial charge in [0.25, 0.3) is 9.05 Å². The number of carbonyl (C=O) groups is 1. The molecular formula is C10H10ClNO3S. The first-order chi connectivity index (χ1) is 7.47. The van der Waals surface area contributed by atoms with E-state index >= 15 is 0 Å². The second-order valence-corrected chi connectivity index (χ2v) is 6.22. The first-order valence-electron chi connectivity index (χ1n) is 4.84. The van der Waals surface area contributed by atoms with E-state index in [9.17, 15) is 13.2 Å². The van der Waals surface area contributed by atoms with E-state index in [-0.39, 0.29) is 10.8 Å². The molecule has 1 aromatic rings. The number of fused-ring (bicyclic) bond motifs is 1. The second kappa shape index (κ2) is 4.07. The van der Waals surface area contributed by atoms with Gasteiger partial charge in [0.15, 0.2) is 0 Å². The van der Waals surface area contributed by atoms with E-state index in [1.807, 2.05) is 0 Å². The van der Waals surface area contributed by atoms with Gasteiger partial charge in [0, 0.05) is 22.8 Å². The molecular weight excluding hydrogens is 250 g/mol. The molecule has 0 fully saturated rings. The van der Waals surface area contributed by atoms with E-state index in [2.05, 4.69) is 5.32 Å². The Morgan fingerprint density at radius 2 is 2.00 bits per heavy atom. The van der Waals surface area contributed by atoms with E-state index < -0.39 is 9.05 Å². The van der Waals surface area contributed by atoms with Gasteiger partial charge in [0.05, 0.1) is 4.90 Å². The number of carbonyl (C=O) groups excluding carboxylic acids is 1. The minimum atomic E-state index is -3.70. The van der Waals surface area contributed by atoms with Crippen molar-refractivity contribution < 1.29 is 13.2 Å². The summed E-state index contributed by atoms with van der Waals surface area (Å²) in [5.74, 6) is -0.0415. The molecule has 2 rings (SSSR count). The van der Waals surface area contributed by atoms with E-state index in [4.69, 9.17) is 10.7 Å². The van der Waals surface area contributed by atoms with E-state index in [1.54, 1.807) is 6.07 Å². The van der Waals surface area contributed by atoms with Gasteiger partial charge in [-0.15, -0.1) is 0 Å². The van der Waals surface area contributed by atoms with Crippen LogP contribution in [0.1, 0.15) is 18.4 Å². The maximum absolute atomic E-state index is 11.3. The molecule has 1 heterocycles. The summed E-state index contributed by atoms with van der Waals surface area (Å²) in [5, 5.41) is 2.72. The van der Waals surface area contributed by atoms with Crippen LogP contribution in [0.5, 0.6) is 0 Å². The lowest BCUT2D eigenvalue weighted by Gasteiger charge is -2.07. The number of hydrogen-bond donors (Lipinski definition) is 1. The average Bonchev–Trinajstić information content (AvgIpc) is 2.35. The molecule has 4 nitrogen and oxygen atoms in total. The predicted octanol–water partition coefficient (Wildman–Crippen LogP) is 1.89. The van der Waals surface area contributed by atoms with Crippen molar-refractivity contribution in [3.63, 3.8) is 0 Å². The summed E-state index contributed by atoms with van der Waals surface area (Å²) in [4.78, 5) is 11.3. The van der Waals surface area contributed by atoms with Crippen molar-refractivity contribution >= 4 is 31.3 Å². The predicted molar refractivity (Wildman–Crippen MR) is 61.0 cm³/mol. The van der Waals surface area contributed by atoms with Crippen molar-refractivity contribution in [3.8, 4) is 0 Å². The number of halogens is 1. The molecule has 0 saturated heterocycles. The van der Waals surface area contributed by atoms with Crippen molar-refractivity contribution in [2.45, 2.75) is 24.2 Å². The lowest BCUT2D eigenvalue weighted by atomic mass is 10.1. The fraction of sp³-hybridized carbons (Fsp3) is 0.300. The van der Waals surface area contributed by atoms with Gasteiger partial charge in [-0.2, -0.15) is 0 Å². The van der Waals surface area contributed by atoms with Gasteiger partial charge in [-0.25, -0.2) is 8.42 Å². The molecule has 0 unspecified atom stereocenters. The zero-order valence-corrected chi connectivity index (χ0v) is 9.94. The highest BCUT2D eigenvalue weighted by atomic mass is 35.7. The molecule has 0 saturated carbocycles. The minimum absolute atomic E-state index is 0.0415. The number of hydrogen-bond acceptors (Lipinski definition) is 3. The van der Waals surface area contributed by atoms with Crippen molar-refractivity contribution in [3.05, 3.63) is 23.8 Å². The highest BCUT2D eigenvalue weighted by Crippen LogP contribution is 2.26. The van der Waals surface area contributed by atoms with Crippen LogP contribution in [0.15, 0.2) is 23.1 Å². The van der Waals surface area contributed by atoms with Crippen LogP contribution in [0, 0.1) is 0 Å². The lowest BCUT2D eigenvalue weighted by molar-refractivity contribution is -0.116. The van der Waals surface area contributed by atoms with Gasteiger partial charge in [0.2, 0.25) is 5.91 Å². The molecule has 1 amide bonds. The number of amides is 1. The van der Waals surface area contributed by atoms with Gasteiger partial charge in [0.1, 0.15) is 0 Å². The maximum atomic E-state index is 11.3. The fourth-order valence-electron chi connectivity index (χ4n) is 1.70. The number of anilines is 1. The molecule has 0 bridgehead atoms. The Kier molecular flexibility index (Phi) is 2.90. The number of benzene rings is 1. The van der Waals surface area contributed by atoms with Gasteiger partial charge < -0.3 is 5.32 Å². The molecule has 1 aromatic carbocycles. The molecule has 0 aromatic heterocycles. The third-order valence-corrected chi connectivity index (χ3v) is 3.83. The summed E-state index contributed by atoms with van der Waals surface area (Å²) in [6.45, 7) is 0. The van der Waals surface area contributed by atoms with Crippen molar-refractivity contribution in [2.75, 3.05) is 5.32 Å². The average molecular weight is 260 g/mol. The molecule has 0 aliphatic carbocycles. The number of aryl methyl sites for hydroxylation is 1. The monoisotopic (exact) mass is 259 g/mol. The van der Waals surface area contributed by atoms with Gasteiger partial charge in [-0.3, -0.25) is 4.79 Å². The quantitative estimate of drug-likeness (QED) is 0.784. The van der Waals surface area contributed by atoms with Crippen LogP contribution in [0.25, 0.3) is 0 Å². The minimum Gasteiger partial charge on any atom is -0.326 e. The number of nitrogens with one attached hydrogen (secondary N) is 1. The van der Waals surface area contributed by atoms with Crippen LogP contribution in [0.2, 0.25) is 0 Å². The van der Waals surface area contributed by atoms with Crippen molar-refractivity contribution in [1.29, 1.82) is 0 Å². The van der Waals surface area contributed by atoms with Crippen LogP contribution >= 0.6 is 10.7 Å². The van der Waals surface area contributed by atoms with E-state index in [0.717, 1.165) is 5.56 Å². The normalized spacial score (nSPS) is 16.2. The molecule has 1 aliphatic rings. The molecule has 0 atom stereocenters. The smallest absolute Gasteiger partial charge is 0.261 e. The Labute approximate surface area is 98.0 Å². The molecule has 0 radical (unpaired) electrons. The Hall–Kier alpha value is -1.07. The van der Waals surface area contributed by atoms with Crippen molar-refractivity contribution in [1.82, 2.24) is 0 Å². The van der Waals surface area contributed by atoms with E-state index in [1.165, 1.54) is 12.1 Å². The molecule has 86 valence electrons. The first-order valence-corrected chi connectivity index (χ1v) is 7.15. The summed E-state index contributed by atoms with van der Waals surface area (Å²) < 4.78 is 22.3. The fourth-order valence-corrected chi connectivity index (χ4v) is 2.50. The summed E-state index contributed by atoms with van der Waals surface area (Å²) in [6.07, 6.45) is 1.84. The van der Waals surface area contributed by atoms with Gasteiger partial charge in [-0.1, -0.05) is 0 Å². The molecule has 6 heteroatoms. The van der Waals surface area contributed by atoms with Gasteiger partial charge >= 0.3 is 0 Å². The zero-order valence-electron chi connectivity index (χ0n) is 8.36. The van der Waals surface area contributed by atoms with Gasteiger partial charge in [-0.05, 0) is 36.6 Å². The highest BCUT2D eigenvalue weighted by molar-refractivity contribution is 8.13. The lowest BCUT2D eigenvalue weighted by Crippen LogP contribution is -2.09. The van der Waals surface area contributed by atoms with Crippen LogP contribution in [-0.2, 0) is 20.3 Å². The Balaban J connectivity index is 2.47. The SMILES string of the molecule is O=C1CCCc2cc(S(=O)(=O)Cl)ccc2N1. The van der Waals surface area contributed by atoms with E-state index in [0.29, 0.717) is 24.9 Å². The third-order valence-electron chi connectivity index (χ3n) is 2.48. The molecule has 1 aliphatic heterocycles. The van der Waals surface area contributed by atoms with Crippen LogP contribution in [0.4, 0.5) is 5.69 Å². The van der Waals surface area contributed by atoms with Crippen molar-refractivity contribution in [2.24, 2.45) is 0 Å². The Morgan fingerprint density at radius 3 is 2.69 bits per heavy atom. The largest absolute Gasteiger partial charge is 0.326 e. The second-order valence-electron chi connectivity index (χ2n) is 3.66. The number of rotatable bonds is 1. The maximum Gasteiger partial charge on any atom is 0.261 e. The first kappa shape index (κ1) is 11.4. The third kappa shape index (κ3) is 2.36. The molecule has 0 spiro atoms. The van der Waals surface area contributed by atoms with Crippen LogP contribution in [0.3, 0.4) is 0 Å². The van der Waals surface area contributed by atoms with Crippen LogP contribution in [-0.4, -0.2) is 14.3 Å². The summed E-state index contributed by atoms with van der Waals surface area (Å²) in [5.41, 5.74) is 1.49. The molecule has 16 heavy (non-hydrogen) atoms. The van der Waals surface area contributed by atoms with Crippen LogP contribution < -0.4 is 5.32 Å². The standard InChI is InChI=1S/C10H10ClNO3S/c11-16(14,15)8-4-5-9-7(6-8)2-1-3-10(13)12-9/h4-6H,1-3H2,(H,12,13). The topological polar surface area (TPSA) is 63.2 Å². The summed E-state index contributed by atoms with van der Waals surface area (Å²) in [7, 11) is 1.55. The Morgan fingerprint density at radius 1 is 1.25 bits per heavy atom. The molecule has 1 N–H and O–H groups in total. The highest BCUT2D eigenvalue weighted by Gasteiger charge is 2.16. The zero-order chi connectivity index (χ0) is 11.8. The Bertz CT molecular complexity index is 539. The summed E-state index contributed by atoms with van der Waals surface area (Å²) in [6, 6.07) is 4.49.